The largest absolute Gasteiger partial charge is 0.464 e. The van der Waals surface area contributed by atoms with E-state index >= 15 is 0 Å². The highest BCUT2D eigenvalue weighted by Gasteiger charge is 2.16. The Morgan fingerprint density at radius 1 is 1.39 bits per heavy atom. The van der Waals surface area contributed by atoms with Gasteiger partial charge in [0.15, 0.2) is 0 Å². The quantitative estimate of drug-likeness (QED) is 0.748. The highest BCUT2D eigenvalue weighted by Crippen LogP contribution is 2.11. The Hall–Kier alpha value is -1.75. The molecule has 0 saturated carbocycles. The first-order valence-electron chi connectivity index (χ1n) is 5.96. The van der Waals surface area contributed by atoms with Crippen molar-refractivity contribution in [1.29, 1.82) is 0 Å². The third-order valence-corrected chi connectivity index (χ3v) is 3.04. The van der Waals surface area contributed by atoms with Crippen LogP contribution in [0.5, 0.6) is 0 Å². The monoisotopic (exact) mass is 248 g/mol. The molecule has 18 heavy (non-hydrogen) atoms. The smallest absolute Gasteiger partial charge is 0.356 e. The van der Waals surface area contributed by atoms with Crippen molar-refractivity contribution in [1.82, 2.24) is 9.88 Å². The topological polar surface area (TPSA) is 59.5 Å². The maximum absolute atomic E-state index is 11.2. The van der Waals surface area contributed by atoms with Crippen LogP contribution in [0.3, 0.4) is 0 Å². The molecule has 2 heterocycles. The number of hydrogen-bond donors (Lipinski definition) is 0. The summed E-state index contributed by atoms with van der Waals surface area (Å²) in [7, 11) is 1.34. The zero-order chi connectivity index (χ0) is 13.0. The molecule has 0 N–H and O–H groups in total. The summed E-state index contributed by atoms with van der Waals surface area (Å²) < 4.78 is 4.59. The molecule has 0 atom stereocenters. The maximum Gasteiger partial charge on any atom is 0.356 e. The van der Waals surface area contributed by atoms with Crippen LogP contribution in [0, 0.1) is 0 Å². The number of nitrogens with zero attached hydrogens (tertiary/aromatic N) is 2. The summed E-state index contributed by atoms with van der Waals surface area (Å²) >= 11 is 0. The highest BCUT2D eigenvalue weighted by atomic mass is 16.5. The van der Waals surface area contributed by atoms with Crippen molar-refractivity contribution < 1.29 is 14.3 Å². The maximum atomic E-state index is 11.2. The van der Waals surface area contributed by atoms with Crippen molar-refractivity contribution in [3.8, 4) is 0 Å². The second-order valence-electron chi connectivity index (χ2n) is 4.36. The Bertz CT molecular complexity index is 432. The van der Waals surface area contributed by atoms with Crippen LogP contribution in [0.15, 0.2) is 18.3 Å². The summed E-state index contributed by atoms with van der Waals surface area (Å²) in [6.07, 6.45) is 2.95. The van der Waals surface area contributed by atoms with Gasteiger partial charge in [-0.15, -0.1) is 0 Å². The molecule has 0 amide bonds. The van der Waals surface area contributed by atoms with E-state index in [0.717, 1.165) is 25.2 Å². The number of esters is 1. The van der Waals surface area contributed by atoms with Crippen LogP contribution in [0.2, 0.25) is 0 Å². The molecule has 1 aromatic heterocycles. The molecule has 0 radical (unpaired) electrons. The molecule has 0 bridgehead atoms. The summed E-state index contributed by atoms with van der Waals surface area (Å²) in [6.45, 7) is 2.37. The van der Waals surface area contributed by atoms with Crippen molar-refractivity contribution in [3.05, 3.63) is 29.6 Å². The minimum atomic E-state index is -0.426. The van der Waals surface area contributed by atoms with E-state index in [2.05, 4.69) is 14.6 Å². The average Bonchev–Trinajstić information content (AvgIpc) is 2.41. The fourth-order valence-electron chi connectivity index (χ4n) is 1.96. The third kappa shape index (κ3) is 3.13. The van der Waals surface area contributed by atoms with Gasteiger partial charge in [0.2, 0.25) is 0 Å². The lowest BCUT2D eigenvalue weighted by Gasteiger charge is -2.25. The molecule has 5 nitrogen and oxygen atoms in total. The van der Waals surface area contributed by atoms with Gasteiger partial charge >= 0.3 is 5.97 Å². The predicted molar refractivity (Wildman–Crippen MR) is 65.1 cm³/mol. The van der Waals surface area contributed by atoms with Crippen molar-refractivity contribution in [2.75, 3.05) is 20.2 Å². The number of aromatic nitrogens is 1. The molecule has 0 spiro atoms. The van der Waals surface area contributed by atoms with Gasteiger partial charge in [-0.2, -0.15) is 0 Å². The number of carbonyl (C=O) groups is 2. The molecule has 1 fully saturated rings. The lowest BCUT2D eigenvalue weighted by atomic mass is 10.1. The van der Waals surface area contributed by atoms with Crippen molar-refractivity contribution in [2.45, 2.75) is 19.4 Å². The molecule has 1 aromatic rings. The van der Waals surface area contributed by atoms with Gasteiger partial charge in [0.1, 0.15) is 11.5 Å². The van der Waals surface area contributed by atoms with E-state index < -0.39 is 5.97 Å². The molecule has 1 saturated heterocycles. The van der Waals surface area contributed by atoms with E-state index in [1.54, 1.807) is 12.3 Å². The van der Waals surface area contributed by atoms with E-state index in [1.165, 1.54) is 7.11 Å². The second kappa shape index (κ2) is 5.73. The van der Waals surface area contributed by atoms with Crippen LogP contribution in [0.4, 0.5) is 0 Å². The van der Waals surface area contributed by atoms with Gasteiger partial charge in [-0.1, -0.05) is 6.07 Å². The van der Waals surface area contributed by atoms with Crippen LogP contribution in [-0.2, 0) is 16.1 Å². The number of Topliss-reactive ketones (excluding diaryl/α,β-unsaturated/α-hetero) is 1. The Labute approximate surface area is 106 Å². The van der Waals surface area contributed by atoms with Gasteiger partial charge in [-0.3, -0.25) is 9.69 Å². The standard InChI is InChI=1S/C13H16N2O3/c1-18-13(17)12-3-2-10(8-14-12)9-15-6-4-11(16)5-7-15/h2-3,8H,4-7,9H2,1H3. The number of piperidine rings is 1. The number of ether oxygens (including phenoxy) is 1. The predicted octanol–water partition coefficient (Wildman–Crippen LogP) is 1.03. The van der Waals surface area contributed by atoms with Gasteiger partial charge in [0.05, 0.1) is 7.11 Å². The fraction of sp³-hybridized carbons (Fsp3) is 0.462. The van der Waals surface area contributed by atoms with E-state index in [4.69, 9.17) is 0 Å². The summed E-state index contributed by atoms with van der Waals surface area (Å²) in [5.74, 6) is -0.0875. The Morgan fingerprint density at radius 2 is 2.11 bits per heavy atom. The molecule has 0 aromatic carbocycles. The van der Waals surface area contributed by atoms with Gasteiger partial charge in [-0.05, 0) is 11.6 Å². The minimum Gasteiger partial charge on any atom is -0.464 e. The number of likely N-dealkylation sites (tertiary alicyclic amines) is 1. The van der Waals surface area contributed by atoms with Crippen LogP contribution in [0.25, 0.3) is 0 Å². The third-order valence-electron chi connectivity index (χ3n) is 3.04. The van der Waals surface area contributed by atoms with E-state index in [-0.39, 0.29) is 0 Å². The summed E-state index contributed by atoms with van der Waals surface area (Å²) in [5.41, 5.74) is 1.35. The summed E-state index contributed by atoms with van der Waals surface area (Å²) in [6, 6.07) is 3.53. The zero-order valence-electron chi connectivity index (χ0n) is 10.4. The lowest BCUT2D eigenvalue weighted by Crippen LogP contribution is -2.33. The molecular formula is C13H16N2O3. The van der Waals surface area contributed by atoms with Crippen molar-refractivity contribution >= 4 is 11.8 Å². The van der Waals surface area contributed by atoms with Crippen LogP contribution >= 0.6 is 0 Å². The molecule has 0 aliphatic carbocycles. The van der Waals surface area contributed by atoms with Crippen molar-refractivity contribution in [2.24, 2.45) is 0 Å². The van der Waals surface area contributed by atoms with Crippen LogP contribution in [0.1, 0.15) is 28.9 Å². The molecular weight excluding hydrogens is 232 g/mol. The van der Waals surface area contributed by atoms with E-state index in [9.17, 15) is 9.59 Å². The Morgan fingerprint density at radius 3 is 2.67 bits per heavy atom. The number of ketones is 1. The highest BCUT2D eigenvalue weighted by molar-refractivity contribution is 5.86. The van der Waals surface area contributed by atoms with E-state index in [0.29, 0.717) is 24.3 Å². The van der Waals surface area contributed by atoms with Crippen LogP contribution in [-0.4, -0.2) is 41.8 Å². The van der Waals surface area contributed by atoms with Crippen LogP contribution < -0.4 is 0 Å². The number of rotatable bonds is 3. The molecule has 1 aliphatic heterocycles. The normalized spacial score (nSPS) is 16.6. The summed E-state index contributed by atoms with van der Waals surface area (Å²) in [4.78, 5) is 28.6. The van der Waals surface area contributed by atoms with Crippen molar-refractivity contribution in [3.63, 3.8) is 0 Å². The first-order valence-corrected chi connectivity index (χ1v) is 5.96. The number of methoxy groups -OCH3 is 1. The summed E-state index contributed by atoms with van der Waals surface area (Å²) in [5, 5.41) is 0. The first-order chi connectivity index (χ1) is 8.69. The molecule has 96 valence electrons. The number of hydrogen-bond acceptors (Lipinski definition) is 5. The fourth-order valence-corrected chi connectivity index (χ4v) is 1.96. The minimum absolute atomic E-state index is 0.315. The number of carbonyl (C=O) groups excluding carboxylic acids is 2. The first kappa shape index (κ1) is 12.7. The SMILES string of the molecule is COC(=O)c1ccc(CN2CCC(=O)CC2)cn1. The number of pyridine rings is 1. The van der Waals surface area contributed by atoms with E-state index in [1.807, 2.05) is 6.07 Å². The molecule has 1 aliphatic rings. The molecule has 2 rings (SSSR count). The van der Waals surface area contributed by atoms with Gasteiger partial charge in [0, 0.05) is 38.7 Å². The Balaban J connectivity index is 1.94. The van der Waals surface area contributed by atoms with Gasteiger partial charge < -0.3 is 4.74 Å². The molecule has 5 heteroatoms. The zero-order valence-corrected chi connectivity index (χ0v) is 10.4. The lowest BCUT2D eigenvalue weighted by molar-refractivity contribution is -0.121. The Kier molecular flexibility index (Phi) is 4.04. The van der Waals surface area contributed by atoms with Gasteiger partial charge in [-0.25, -0.2) is 9.78 Å². The van der Waals surface area contributed by atoms with Gasteiger partial charge in [0.25, 0.3) is 0 Å². The second-order valence-corrected chi connectivity index (χ2v) is 4.36. The average molecular weight is 248 g/mol. The molecule has 0 unspecified atom stereocenters.